The third kappa shape index (κ3) is 2.07. The second kappa shape index (κ2) is 4.60. The zero-order valence-electron chi connectivity index (χ0n) is 11.1. The second-order valence-corrected chi connectivity index (χ2v) is 5.72. The fourth-order valence-electron chi connectivity index (χ4n) is 2.78. The van der Waals surface area contributed by atoms with E-state index in [1.165, 1.54) is 29.3 Å². The van der Waals surface area contributed by atoms with Crippen LogP contribution < -0.4 is 5.32 Å². The highest BCUT2D eigenvalue weighted by Gasteiger charge is 2.31. The van der Waals surface area contributed by atoms with Crippen LogP contribution >= 0.6 is 0 Å². The number of nitrogens with zero attached hydrogens (tertiary/aromatic N) is 1. The fraction of sp³-hybridized carbons (Fsp3) is 0.438. The van der Waals surface area contributed by atoms with Crippen LogP contribution in [0.3, 0.4) is 0 Å². The van der Waals surface area contributed by atoms with Gasteiger partial charge in [0.25, 0.3) is 0 Å². The third-order valence-corrected chi connectivity index (χ3v) is 4.16. The summed E-state index contributed by atoms with van der Waals surface area (Å²) < 4.78 is 0. The van der Waals surface area contributed by atoms with Gasteiger partial charge in [0.2, 0.25) is 0 Å². The van der Waals surface area contributed by atoms with Crippen molar-refractivity contribution in [2.24, 2.45) is 11.8 Å². The molecule has 2 heteroatoms. The topological polar surface area (TPSA) is 24.9 Å². The molecule has 94 valence electrons. The van der Waals surface area contributed by atoms with Gasteiger partial charge in [0.15, 0.2) is 0 Å². The van der Waals surface area contributed by atoms with E-state index >= 15 is 0 Å². The van der Waals surface area contributed by atoms with Crippen molar-refractivity contribution in [2.45, 2.75) is 32.7 Å². The van der Waals surface area contributed by atoms with E-state index in [2.05, 4.69) is 48.4 Å². The molecule has 1 aliphatic rings. The Hall–Kier alpha value is -1.57. The van der Waals surface area contributed by atoms with E-state index in [4.69, 9.17) is 0 Å². The number of anilines is 1. The molecule has 1 fully saturated rings. The Labute approximate surface area is 108 Å². The van der Waals surface area contributed by atoms with E-state index < -0.39 is 0 Å². The van der Waals surface area contributed by atoms with Gasteiger partial charge in [-0.2, -0.15) is 0 Å². The molecule has 1 heterocycles. The molecule has 0 amide bonds. The predicted octanol–water partition coefficient (Wildman–Crippen LogP) is 4.08. The predicted molar refractivity (Wildman–Crippen MR) is 76.7 cm³/mol. The van der Waals surface area contributed by atoms with E-state index in [9.17, 15) is 0 Å². The van der Waals surface area contributed by atoms with Crippen molar-refractivity contribution in [1.82, 2.24) is 4.98 Å². The minimum atomic E-state index is 0.642. The monoisotopic (exact) mass is 240 g/mol. The van der Waals surface area contributed by atoms with Gasteiger partial charge < -0.3 is 5.32 Å². The van der Waals surface area contributed by atoms with Crippen molar-refractivity contribution in [3.63, 3.8) is 0 Å². The first-order chi connectivity index (χ1) is 8.74. The highest BCUT2D eigenvalue weighted by Crippen LogP contribution is 2.36. The van der Waals surface area contributed by atoms with Gasteiger partial charge in [-0.15, -0.1) is 0 Å². The zero-order valence-corrected chi connectivity index (χ0v) is 11.1. The van der Waals surface area contributed by atoms with Gasteiger partial charge in [-0.05, 0) is 42.2 Å². The van der Waals surface area contributed by atoms with Gasteiger partial charge >= 0.3 is 0 Å². The molecule has 1 aromatic carbocycles. The summed E-state index contributed by atoms with van der Waals surface area (Å²) in [4.78, 5) is 4.23. The first-order valence-electron chi connectivity index (χ1n) is 6.83. The summed E-state index contributed by atoms with van der Waals surface area (Å²) in [7, 11) is 0. The van der Waals surface area contributed by atoms with Crippen molar-refractivity contribution in [3.8, 4) is 0 Å². The molecule has 0 saturated heterocycles. The Balaban J connectivity index is 1.76. The molecule has 3 rings (SSSR count). The Bertz CT molecular complexity index is 536. The lowest BCUT2D eigenvalue weighted by Gasteiger charge is -2.39. The summed E-state index contributed by atoms with van der Waals surface area (Å²) in [6, 6.07) is 9.12. The molecule has 1 N–H and O–H groups in total. The molecule has 1 aliphatic carbocycles. The SMILES string of the molecule is CC(C)C1CC(Nc2cccc3ccncc23)C1. The van der Waals surface area contributed by atoms with Gasteiger partial charge in [-0.25, -0.2) is 0 Å². The number of hydrogen-bond acceptors (Lipinski definition) is 2. The molecular formula is C16H20N2. The third-order valence-electron chi connectivity index (χ3n) is 4.16. The van der Waals surface area contributed by atoms with E-state index in [1.54, 1.807) is 0 Å². The maximum atomic E-state index is 4.23. The lowest BCUT2D eigenvalue weighted by molar-refractivity contribution is 0.212. The summed E-state index contributed by atoms with van der Waals surface area (Å²) in [6.45, 7) is 4.64. The maximum absolute atomic E-state index is 4.23. The molecule has 0 atom stereocenters. The average Bonchev–Trinajstić information content (AvgIpc) is 2.33. The van der Waals surface area contributed by atoms with Gasteiger partial charge in [0.05, 0.1) is 0 Å². The quantitative estimate of drug-likeness (QED) is 0.874. The Kier molecular flexibility index (Phi) is 2.94. The molecule has 1 aromatic heterocycles. The molecule has 2 nitrogen and oxygen atoms in total. The van der Waals surface area contributed by atoms with Crippen LogP contribution in [-0.2, 0) is 0 Å². The number of benzene rings is 1. The van der Waals surface area contributed by atoms with Crippen molar-refractivity contribution < 1.29 is 0 Å². The molecule has 18 heavy (non-hydrogen) atoms. The number of hydrogen-bond donors (Lipinski definition) is 1. The average molecular weight is 240 g/mol. The zero-order chi connectivity index (χ0) is 12.5. The number of pyridine rings is 1. The number of aromatic nitrogens is 1. The second-order valence-electron chi connectivity index (χ2n) is 5.72. The maximum Gasteiger partial charge on any atom is 0.0437 e. The summed E-state index contributed by atoms with van der Waals surface area (Å²) in [5.74, 6) is 1.72. The number of rotatable bonds is 3. The molecule has 0 aliphatic heterocycles. The van der Waals surface area contributed by atoms with Gasteiger partial charge in [-0.3, -0.25) is 4.98 Å². The lowest BCUT2D eigenvalue weighted by Crippen LogP contribution is -2.37. The normalized spacial score (nSPS) is 23.1. The van der Waals surface area contributed by atoms with Crippen molar-refractivity contribution >= 4 is 16.5 Å². The minimum Gasteiger partial charge on any atom is -0.382 e. The van der Waals surface area contributed by atoms with E-state index in [-0.39, 0.29) is 0 Å². The van der Waals surface area contributed by atoms with Crippen LogP contribution in [0.2, 0.25) is 0 Å². The molecule has 0 bridgehead atoms. The number of nitrogens with one attached hydrogen (secondary N) is 1. The Morgan fingerprint density at radius 1 is 1.22 bits per heavy atom. The molecular weight excluding hydrogens is 220 g/mol. The van der Waals surface area contributed by atoms with Gasteiger partial charge in [-0.1, -0.05) is 26.0 Å². The Morgan fingerprint density at radius 3 is 2.83 bits per heavy atom. The highest BCUT2D eigenvalue weighted by molar-refractivity contribution is 5.93. The molecule has 0 spiro atoms. The molecule has 2 aromatic rings. The van der Waals surface area contributed by atoms with E-state index in [0.717, 1.165) is 11.8 Å². The van der Waals surface area contributed by atoms with Crippen molar-refractivity contribution in [2.75, 3.05) is 5.32 Å². The smallest absolute Gasteiger partial charge is 0.0437 e. The summed E-state index contributed by atoms with van der Waals surface area (Å²) in [5.41, 5.74) is 1.23. The minimum absolute atomic E-state index is 0.642. The summed E-state index contributed by atoms with van der Waals surface area (Å²) in [5, 5.41) is 6.15. The Morgan fingerprint density at radius 2 is 2.06 bits per heavy atom. The van der Waals surface area contributed by atoms with Crippen LogP contribution in [0.4, 0.5) is 5.69 Å². The van der Waals surface area contributed by atoms with Crippen LogP contribution in [0.5, 0.6) is 0 Å². The van der Waals surface area contributed by atoms with Gasteiger partial charge in [0, 0.05) is 29.5 Å². The highest BCUT2D eigenvalue weighted by atomic mass is 14.9. The van der Waals surface area contributed by atoms with E-state index in [1.807, 2.05) is 12.4 Å². The number of fused-ring (bicyclic) bond motifs is 1. The van der Waals surface area contributed by atoms with Crippen LogP contribution in [0, 0.1) is 11.8 Å². The fourth-order valence-corrected chi connectivity index (χ4v) is 2.78. The van der Waals surface area contributed by atoms with Crippen LogP contribution in [-0.4, -0.2) is 11.0 Å². The van der Waals surface area contributed by atoms with Crippen molar-refractivity contribution in [3.05, 3.63) is 36.7 Å². The van der Waals surface area contributed by atoms with Crippen molar-refractivity contribution in [1.29, 1.82) is 0 Å². The van der Waals surface area contributed by atoms with Crippen LogP contribution in [0.1, 0.15) is 26.7 Å². The molecule has 0 radical (unpaired) electrons. The molecule has 0 unspecified atom stereocenters. The first-order valence-corrected chi connectivity index (χ1v) is 6.83. The first kappa shape index (κ1) is 11.5. The summed E-state index contributed by atoms with van der Waals surface area (Å²) >= 11 is 0. The largest absolute Gasteiger partial charge is 0.382 e. The summed E-state index contributed by atoms with van der Waals surface area (Å²) in [6.07, 6.45) is 6.41. The standard InChI is InChI=1S/C16H20N2/c1-11(2)13-8-14(9-13)18-16-5-3-4-12-6-7-17-10-15(12)16/h3-7,10-11,13-14,18H,8-9H2,1-2H3. The lowest BCUT2D eigenvalue weighted by atomic mass is 9.73. The van der Waals surface area contributed by atoms with Gasteiger partial charge in [0.1, 0.15) is 0 Å². The van der Waals surface area contributed by atoms with Crippen LogP contribution in [0.25, 0.3) is 10.8 Å². The van der Waals surface area contributed by atoms with Crippen LogP contribution in [0.15, 0.2) is 36.7 Å². The molecule has 1 saturated carbocycles. The van der Waals surface area contributed by atoms with E-state index in [0.29, 0.717) is 6.04 Å².